The summed E-state index contributed by atoms with van der Waals surface area (Å²) in [5, 5.41) is 14.1. The number of carbonyl (C=O) groups is 1. The molecular weight excluding hydrogens is 309 g/mol. The molecule has 1 fully saturated rings. The summed E-state index contributed by atoms with van der Waals surface area (Å²) in [6, 6.07) is 6.14. The number of hydrogen-bond acceptors (Lipinski definition) is 3. The van der Waals surface area contributed by atoms with Crippen LogP contribution in [0.25, 0.3) is 5.69 Å². The van der Waals surface area contributed by atoms with Gasteiger partial charge in [0, 0.05) is 24.3 Å². The third-order valence-corrected chi connectivity index (χ3v) is 4.66. The molecule has 0 radical (unpaired) electrons. The van der Waals surface area contributed by atoms with Crippen molar-refractivity contribution >= 4 is 5.91 Å². The third-order valence-electron chi connectivity index (χ3n) is 4.66. The fourth-order valence-electron chi connectivity index (χ4n) is 3.14. The van der Waals surface area contributed by atoms with Crippen LogP contribution in [-0.2, 0) is 11.2 Å². The Kier molecular flexibility index (Phi) is 4.66. The van der Waals surface area contributed by atoms with Crippen LogP contribution in [0.2, 0.25) is 0 Å². The summed E-state index contributed by atoms with van der Waals surface area (Å²) in [6.07, 6.45) is 1.28. The molecule has 128 valence electrons. The molecule has 1 aromatic carbocycles. The van der Waals surface area contributed by atoms with Crippen LogP contribution < -0.4 is 0 Å². The molecule has 0 spiro atoms. The maximum atomic E-state index is 13.1. The van der Waals surface area contributed by atoms with E-state index in [0.29, 0.717) is 32.4 Å². The van der Waals surface area contributed by atoms with Crippen molar-refractivity contribution < 1.29 is 14.3 Å². The second-order valence-electron chi connectivity index (χ2n) is 6.33. The van der Waals surface area contributed by atoms with Crippen LogP contribution in [0.5, 0.6) is 0 Å². The summed E-state index contributed by atoms with van der Waals surface area (Å²) in [5.74, 6) is -0.227. The van der Waals surface area contributed by atoms with Gasteiger partial charge < -0.3 is 10.0 Å². The Balaban J connectivity index is 1.79. The minimum absolute atomic E-state index is 0.0618. The minimum Gasteiger partial charge on any atom is -0.393 e. The molecule has 24 heavy (non-hydrogen) atoms. The molecule has 6 heteroatoms. The molecule has 1 N–H and O–H groups in total. The van der Waals surface area contributed by atoms with Crippen molar-refractivity contribution in [1.82, 2.24) is 14.7 Å². The average Bonchev–Trinajstić information content (AvgIpc) is 2.84. The quantitative estimate of drug-likeness (QED) is 0.938. The molecule has 0 bridgehead atoms. The SMILES string of the molecule is Cc1nn(-c2ccc(F)cc2)c(C)c1CC(=O)N1CCC(O)CC1. The summed E-state index contributed by atoms with van der Waals surface area (Å²) in [4.78, 5) is 14.3. The molecule has 1 aromatic heterocycles. The van der Waals surface area contributed by atoms with Gasteiger partial charge in [-0.3, -0.25) is 4.79 Å². The lowest BCUT2D eigenvalue weighted by Gasteiger charge is -2.29. The van der Waals surface area contributed by atoms with E-state index in [2.05, 4.69) is 5.10 Å². The maximum Gasteiger partial charge on any atom is 0.227 e. The Morgan fingerprint density at radius 3 is 2.50 bits per heavy atom. The number of nitrogens with zero attached hydrogens (tertiary/aromatic N) is 3. The second-order valence-corrected chi connectivity index (χ2v) is 6.33. The van der Waals surface area contributed by atoms with Crippen LogP contribution in [0.3, 0.4) is 0 Å². The molecule has 5 nitrogen and oxygen atoms in total. The van der Waals surface area contributed by atoms with E-state index in [4.69, 9.17) is 0 Å². The van der Waals surface area contributed by atoms with E-state index in [1.54, 1.807) is 21.7 Å². The molecule has 2 aromatic rings. The normalized spacial score (nSPS) is 15.8. The lowest BCUT2D eigenvalue weighted by atomic mass is 10.1. The van der Waals surface area contributed by atoms with Gasteiger partial charge in [0.1, 0.15) is 5.82 Å². The highest BCUT2D eigenvalue weighted by molar-refractivity contribution is 5.79. The lowest BCUT2D eigenvalue weighted by molar-refractivity contribution is -0.132. The van der Waals surface area contributed by atoms with Gasteiger partial charge in [-0.1, -0.05) is 0 Å². The lowest BCUT2D eigenvalue weighted by Crippen LogP contribution is -2.40. The highest BCUT2D eigenvalue weighted by Gasteiger charge is 2.23. The number of amides is 1. The van der Waals surface area contributed by atoms with Crippen molar-refractivity contribution in [3.05, 3.63) is 47.0 Å². The molecule has 0 atom stereocenters. The van der Waals surface area contributed by atoms with Crippen LogP contribution in [0, 0.1) is 19.7 Å². The van der Waals surface area contributed by atoms with Gasteiger partial charge in [-0.25, -0.2) is 9.07 Å². The van der Waals surface area contributed by atoms with Gasteiger partial charge in [-0.15, -0.1) is 0 Å². The van der Waals surface area contributed by atoms with Gasteiger partial charge in [0.15, 0.2) is 0 Å². The first-order valence-corrected chi connectivity index (χ1v) is 8.22. The van der Waals surface area contributed by atoms with Crippen molar-refractivity contribution in [2.75, 3.05) is 13.1 Å². The van der Waals surface area contributed by atoms with Crippen LogP contribution >= 0.6 is 0 Å². The van der Waals surface area contributed by atoms with E-state index in [1.165, 1.54) is 12.1 Å². The number of halogens is 1. The number of aliphatic hydroxyl groups is 1. The summed E-state index contributed by atoms with van der Waals surface area (Å²) in [7, 11) is 0. The van der Waals surface area contributed by atoms with Gasteiger partial charge in [0.25, 0.3) is 0 Å². The van der Waals surface area contributed by atoms with Gasteiger partial charge in [-0.2, -0.15) is 5.10 Å². The smallest absolute Gasteiger partial charge is 0.227 e. The Morgan fingerprint density at radius 1 is 1.25 bits per heavy atom. The Morgan fingerprint density at radius 2 is 1.88 bits per heavy atom. The number of hydrogen-bond donors (Lipinski definition) is 1. The standard InChI is InChI=1S/C18H22FN3O2/c1-12-17(11-18(24)21-9-7-16(23)8-10-21)13(2)22(20-12)15-5-3-14(19)4-6-15/h3-6,16,23H,7-11H2,1-2H3. The topological polar surface area (TPSA) is 58.4 Å². The first kappa shape index (κ1) is 16.6. The highest BCUT2D eigenvalue weighted by atomic mass is 19.1. The van der Waals surface area contributed by atoms with Gasteiger partial charge in [0.05, 0.1) is 23.9 Å². The molecule has 1 amide bonds. The molecule has 1 saturated heterocycles. The zero-order chi connectivity index (χ0) is 17.3. The highest BCUT2D eigenvalue weighted by Crippen LogP contribution is 2.20. The number of likely N-dealkylation sites (tertiary alicyclic amines) is 1. The molecular formula is C18H22FN3O2. The summed E-state index contributed by atoms with van der Waals surface area (Å²) in [6.45, 7) is 5.01. The molecule has 2 heterocycles. The van der Waals surface area contributed by atoms with E-state index in [9.17, 15) is 14.3 Å². The fourth-order valence-corrected chi connectivity index (χ4v) is 3.14. The first-order chi connectivity index (χ1) is 11.5. The molecule has 3 rings (SSSR count). The maximum absolute atomic E-state index is 13.1. The van der Waals surface area contributed by atoms with Crippen LogP contribution in [0.4, 0.5) is 4.39 Å². The number of rotatable bonds is 3. The number of aromatic nitrogens is 2. The zero-order valence-electron chi connectivity index (χ0n) is 14.0. The largest absolute Gasteiger partial charge is 0.393 e. The summed E-state index contributed by atoms with van der Waals surface area (Å²) in [5.41, 5.74) is 3.39. The summed E-state index contributed by atoms with van der Waals surface area (Å²) >= 11 is 0. The number of carbonyl (C=O) groups excluding carboxylic acids is 1. The van der Waals surface area contributed by atoms with Crippen molar-refractivity contribution in [2.24, 2.45) is 0 Å². The van der Waals surface area contributed by atoms with Gasteiger partial charge in [0.2, 0.25) is 5.91 Å². The first-order valence-electron chi connectivity index (χ1n) is 8.22. The van der Waals surface area contributed by atoms with Crippen molar-refractivity contribution in [2.45, 2.75) is 39.2 Å². The minimum atomic E-state index is -0.293. The Bertz CT molecular complexity index is 731. The number of aliphatic hydroxyl groups excluding tert-OH is 1. The van der Waals surface area contributed by atoms with Crippen molar-refractivity contribution in [3.8, 4) is 5.69 Å². The van der Waals surface area contributed by atoms with Crippen molar-refractivity contribution in [1.29, 1.82) is 0 Å². The van der Waals surface area contributed by atoms with Crippen LogP contribution in [-0.4, -0.2) is 44.9 Å². The fraction of sp³-hybridized carbons (Fsp3) is 0.444. The third kappa shape index (κ3) is 3.33. The number of benzene rings is 1. The monoisotopic (exact) mass is 331 g/mol. The Hall–Kier alpha value is -2.21. The van der Waals surface area contributed by atoms with Crippen molar-refractivity contribution in [3.63, 3.8) is 0 Å². The van der Waals surface area contributed by atoms with Gasteiger partial charge in [-0.05, 0) is 51.0 Å². The summed E-state index contributed by atoms with van der Waals surface area (Å²) < 4.78 is 14.8. The molecule has 0 aliphatic carbocycles. The van der Waals surface area contributed by atoms with Gasteiger partial charge >= 0.3 is 0 Å². The Labute approximate surface area is 140 Å². The van der Waals surface area contributed by atoms with Crippen LogP contribution in [0.1, 0.15) is 29.8 Å². The zero-order valence-corrected chi connectivity index (χ0v) is 14.0. The van der Waals surface area contributed by atoms with E-state index in [0.717, 1.165) is 22.6 Å². The van der Waals surface area contributed by atoms with Crippen LogP contribution in [0.15, 0.2) is 24.3 Å². The second kappa shape index (κ2) is 6.73. The van der Waals surface area contributed by atoms with E-state index in [-0.39, 0.29) is 17.8 Å². The number of piperidine rings is 1. The van der Waals surface area contributed by atoms with E-state index >= 15 is 0 Å². The molecule has 0 saturated carbocycles. The predicted octanol–water partition coefficient (Wildman–Crippen LogP) is 2.15. The molecule has 1 aliphatic heterocycles. The molecule has 1 aliphatic rings. The molecule has 0 unspecified atom stereocenters. The average molecular weight is 331 g/mol. The number of aryl methyl sites for hydroxylation is 1. The van der Waals surface area contributed by atoms with E-state index < -0.39 is 0 Å². The predicted molar refractivity (Wildman–Crippen MR) is 88.5 cm³/mol. The van der Waals surface area contributed by atoms with E-state index in [1.807, 2.05) is 13.8 Å².